The smallest absolute Gasteiger partial charge is 0.254 e. The molecule has 2 aromatic rings. The van der Waals surface area contributed by atoms with Crippen molar-refractivity contribution in [2.45, 2.75) is 38.5 Å². The normalized spacial score (nSPS) is 22.8. The summed E-state index contributed by atoms with van der Waals surface area (Å²) in [6, 6.07) is 13.2. The molecule has 2 aliphatic heterocycles. The van der Waals surface area contributed by atoms with E-state index in [1.54, 1.807) is 12.1 Å². The first-order valence-corrected chi connectivity index (χ1v) is 10.5. The Morgan fingerprint density at radius 3 is 2.63 bits per heavy atom. The number of carbonyl (C=O) groups excluding carboxylic acids is 2. The van der Waals surface area contributed by atoms with Crippen LogP contribution >= 0.6 is 0 Å². The lowest BCUT2D eigenvalue weighted by atomic mass is 10.1. The number of nitrogens with zero attached hydrogens (tertiary/aromatic N) is 3. The van der Waals surface area contributed by atoms with Gasteiger partial charge in [0.2, 0.25) is 5.88 Å². The zero-order valence-corrected chi connectivity index (χ0v) is 17.5. The van der Waals surface area contributed by atoms with Crippen molar-refractivity contribution in [2.24, 2.45) is 0 Å². The van der Waals surface area contributed by atoms with Gasteiger partial charge in [0.05, 0.1) is 11.7 Å². The number of aromatic nitrogens is 1. The average Bonchev–Trinajstić information content (AvgIpc) is 3.17. The molecule has 3 heterocycles. The molecule has 1 aromatic carbocycles. The molecule has 158 valence electrons. The second kappa shape index (κ2) is 8.83. The van der Waals surface area contributed by atoms with Gasteiger partial charge in [-0.25, -0.2) is 4.98 Å². The minimum Gasteiger partial charge on any atom is -0.475 e. The summed E-state index contributed by atoms with van der Waals surface area (Å²) in [5, 5.41) is 3.01. The van der Waals surface area contributed by atoms with E-state index in [-0.39, 0.29) is 30.0 Å². The molecule has 7 heteroatoms. The number of rotatable bonds is 6. The number of ether oxygens (including phenoxy) is 1. The lowest BCUT2D eigenvalue weighted by Crippen LogP contribution is -2.57. The Morgan fingerprint density at radius 2 is 1.93 bits per heavy atom. The molecule has 0 saturated carbocycles. The molecule has 2 saturated heterocycles. The van der Waals surface area contributed by atoms with Crippen LogP contribution in [0.15, 0.2) is 48.7 Å². The topological polar surface area (TPSA) is 74.8 Å². The molecule has 0 aliphatic carbocycles. The third-order valence-corrected chi connectivity index (χ3v) is 5.69. The van der Waals surface area contributed by atoms with Crippen LogP contribution < -0.4 is 10.1 Å². The maximum absolute atomic E-state index is 13.0. The maximum Gasteiger partial charge on any atom is 0.254 e. The van der Waals surface area contributed by atoms with Crippen LogP contribution in [0, 0.1) is 0 Å². The minimum atomic E-state index is -0.166. The van der Waals surface area contributed by atoms with Gasteiger partial charge in [-0.05, 0) is 38.5 Å². The Labute approximate surface area is 177 Å². The van der Waals surface area contributed by atoms with Crippen LogP contribution in [0.5, 0.6) is 5.88 Å². The number of amides is 2. The first kappa shape index (κ1) is 20.3. The second-order valence-electron chi connectivity index (χ2n) is 8.18. The van der Waals surface area contributed by atoms with E-state index in [1.165, 1.54) is 6.20 Å². The molecule has 7 nitrogen and oxygen atoms in total. The van der Waals surface area contributed by atoms with E-state index in [0.29, 0.717) is 24.5 Å². The molecular weight excluding hydrogens is 380 g/mol. The average molecular weight is 409 g/mol. The van der Waals surface area contributed by atoms with Crippen molar-refractivity contribution in [3.05, 3.63) is 59.8 Å². The lowest BCUT2D eigenvalue weighted by Gasteiger charge is -2.40. The van der Waals surface area contributed by atoms with E-state index in [4.69, 9.17) is 4.74 Å². The molecule has 3 unspecified atom stereocenters. The Balaban J connectivity index is 1.37. The highest BCUT2D eigenvalue weighted by atomic mass is 16.5. The summed E-state index contributed by atoms with van der Waals surface area (Å²) in [6.45, 7) is 6.79. The van der Waals surface area contributed by atoms with Crippen molar-refractivity contribution in [1.29, 1.82) is 0 Å². The number of nitrogens with one attached hydrogen (secondary N) is 1. The van der Waals surface area contributed by atoms with Crippen LogP contribution in [0.4, 0.5) is 0 Å². The van der Waals surface area contributed by atoms with Gasteiger partial charge >= 0.3 is 0 Å². The molecule has 0 radical (unpaired) electrons. The summed E-state index contributed by atoms with van der Waals surface area (Å²) in [5.41, 5.74) is 1.22. The van der Waals surface area contributed by atoms with Gasteiger partial charge in [0.25, 0.3) is 11.8 Å². The summed E-state index contributed by atoms with van der Waals surface area (Å²) >= 11 is 0. The van der Waals surface area contributed by atoms with E-state index in [2.05, 4.69) is 15.2 Å². The summed E-state index contributed by atoms with van der Waals surface area (Å²) in [7, 11) is 0. The summed E-state index contributed by atoms with van der Waals surface area (Å²) in [4.78, 5) is 34.1. The van der Waals surface area contributed by atoms with Crippen molar-refractivity contribution in [3.63, 3.8) is 0 Å². The van der Waals surface area contributed by atoms with Crippen LogP contribution in [0.25, 0.3) is 0 Å². The molecule has 2 amide bonds. The van der Waals surface area contributed by atoms with Gasteiger partial charge in [0.1, 0.15) is 0 Å². The molecule has 0 spiro atoms. The Kier molecular flexibility index (Phi) is 5.99. The van der Waals surface area contributed by atoms with E-state index in [9.17, 15) is 9.59 Å². The number of benzene rings is 1. The minimum absolute atomic E-state index is 0.0364. The fourth-order valence-electron chi connectivity index (χ4n) is 4.17. The molecule has 1 aromatic heterocycles. The number of fused-ring (bicyclic) bond motifs is 2. The molecule has 2 bridgehead atoms. The molecule has 2 aliphatic rings. The van der Waals surface area contributed by atoms with Gasteiger partial charge in [-0.3, -0.25) is 14.5 Å². The van der Waals surface area contributed by atoms with E-state index in [0.717, 1.165) is 25.1 Å². The van der Waals surface area contributed by atoms with Crippen LogP contribution in [0.2, 0.25) is 0 Å². The highest BCUT2D eigenvalue weighted by Crippen LogP contribution is 2.26. The summed E-state index contributed by atoms with van der Waals surface area (Å²) in [6.07, 6.45) is 2.55. The molecule has 4 rings (SSSR count). The fraction of sp³-hybridized carbons (Fsp3) is 0.435. The fourth-order valence-corrected chi connectivity index (χ4v) is 4.17. The second-order valence-corrected chi connectivity index (χ2v) is 8.18. The van der Waals surface area contributed by atoms with Gasteiger partial charge in [-0.15, -0.1) is 0 Å². The largest absolute Gasteiger partial charge is 0.475 e. The first-order valence-electron chi connectivity index (χ1n) is 10.5. The summed E-state index contributed by atoms with van der Waals surface area (Å²) < 4.78 is 5.52. The van der Waals surface area contributed by atoms with Crippen molar-refractivity contribution >= 4 is 11.8 Å². The number of hydrogen-bond donors (Lipinski definition) is 1. The van der Waals surface area contributed by atoms with E-state index >= 15 is 0 Å². The van der Waals surface area contributed by atoms with E-state index < -0.39 is 0 Å². The quantitative estimate of drug-likeness (QED) is 0.793. The molecule has 3 atom stereocenters. The third kappa shape index (κ3) is 4.46. The predicted molar refractivity (Wildman–Crippen MR) is 114 cm³/mol. The maximum atomic E-state index is 13.0. The van der Waals surface area contributed by atoms with Crippen molar-refractivity contribution in [1.82, 2.24) is 20.1 Å². The van der Waals surface area contributed by atoms with Crippen LogP contribution in [0.1, 0.15) is 41.0 Å². The molecule has 2 fully saturated rings. The zero-order valence-electron chi connectivity index (χ0n) is 17.5. The molecular formula is C23H28N4O3. The van der Waals surface area contributed by atoms with Gasteiger partial charge in [0, 0.05) is 56.1 Å². The van der Waals surface area contributed by atoms with Crippen LogP contribution in [0.3, 0.4) is 0 Å². The number of carbonyl (C=O) groups is 2. The van der Waals surface area contributed by atoms with Crippen molar-refractivity contribution in [3.8, 4) is 5.88 Å². The first-order chi connectivity index (χ1) is 14.5. The van der Waals surface area contributed by atoms with Crippen LogP contribution in [-0.2, 0) is 0 Å². The Morgan fingerprint density at radius 1 is 1.13 bits per heavy atom. The summed E-state index contributed by atoms with van der Waals surface area (Å²) in [5.74, 6) is 0.413. The molecule has 1 N–H and O–H groups in total. The van der Waals surface area contributed by atoms with Gasteiger partial charge in [0.15, 0.2) is 0 Å². The number of piperazine rings is 1. The Hall–Kier alpha value is -2.93. The predicted octanol–water partition coefficient (Wildman–Crippen LogP) is 2.20. The highest BCUT2D eigenvalue weighted by molar-refractivity contribution is 5.95. The number of pyridine rings is 1. The Bertz CT molecular complexity index is 885. The van der Waals surface area contributed by atoms with Gasteiger partial charge in [-0.1, -0.05) is 18.2 Å². The van der Waals surface area contributed by atoms with E-state index in [1.807, 2.05) is 49.1 Å². The molecule has 30 heavy (non-hydrogen) atoms. The van der Waals surface area contributed by atoms with Gasteiger partial charge in [-0.2, -0.15) is 0 Å². The zero-order chi connectivity index (χ0) is 21.1. The number of hydrogen-bond acceptors (Lipinski definition) is 5. The van der Waals surface area contributed by atoms with Gasteiger partial charge < -0.3 is 15.0 Å². The third-order valence-electron chi connectivity index (χ3n) is 5.69. The van der Waals surface area contributed by atoms with Crippen molar-refractivity contribution in [2.75, 3.05) is 26.2 Å². The SMILES string of the molecule is CC(C)Oc1ccc(C(=O)NCC2CN(C(=O)c3ccccc3)C3CCN2C3)cn1. The van der Waals surface area contributed by atoms with Crippen LogP contribution in [-0.4, -0.2) is 71.0 Å². The standard InChI is InChI=1S/C23H28N4O3/c1-16(2)30-21-9-8-18(12-24-21)22(28)25-13-20-15-27(19-10-11-26(20)14-19)23(29)17-6-4-3-5-7-17/h3-9,12,16,19-20H,10-11,13-15H2,1-2H3,(H,25,28). The monoisotopic (exact) mass is 408 g/mol. The highest BCUT2D eigenvalue weighted by Gasteiger charge is 2.40. The lowest BCUT2D eigenvalue weighted by molar-refractivity contribution is 0.0493. The van der Waals surface area contributed by atoms with Crippen molar-refractivity contribution < 1.29 is 14.3 Å².